The highest BCUT2D eigenvalue weighted by atomic mass is 19.1. The summed E-state index contributed by atoms with van der Waals surface area (Å²) in [5.74, 6) is -0.459. The van der Waals surface area contributed by atoms with E-state index in [1.165, 1.54) is 6.07 Å². The van der Waals surface area contributed by atoms with Crippen LogP contribution in [0.15, 0.2) is 18.2 Å². The molecule has 0 bridgehead atoms. The molecule has 0 heterocycles. The van der Waals surface area contributed by atoms with Crippen LogP contribution in [0, 0.1) is 5.82 Å². The Hall–Kier alpha value is -1.62. The molecular formula is C16H25FN2O2. The first kappa shape index (κ1) is 17.4. The van der Waals surface area contributed by atoms with Gasteiger partial charge in [0.2, 0.25) is 0 Å². The van der Waals surface area contributed by atoms with E-state index >= 15 is 0 Å². The summed E-state index contributed by atoms with van der Waals surface area (Å²) in [5.41, 5.74) is 0.851. The van der Waals surface area contributed by atoms with Crippen LogP contribution in [-0.4, -0.2) is 36.5 Å². The third kappa shape index (κ3) is 5.71. The lowest BCUT2D eigenvalue weighted by molar-refractivity contribution is -0.133. The molecule has 1 rings (SSSR count). The quantitative estimate of drug-likeness (QED) is 0.801. The molecule has 0 unspecified atom stereocenters. The second-order valence-electron chi connectivity index (χ2n) is 5.16. The molecule has 118 valence electrons. The smallest absolute Gasteiger partial charge is 0.260 e. The monoisotopic (exact) mass is 296 g/mol. The molecule has 1 aromatic carbocycles. The van der Waals surface area contributed by atoms with Crippen molar-refractivity contribution in [2.45, 2.75) is 40.3 Å². The Balaban J connectivity index is 2.58. The maximum atomic E-state index is 13.9. The average Bonchev–Trinajstić information content (AvgIpc) is 2.45. The molecule has 0 fully saturated rings. The Morgan fingerprint density at radius 1 is 1.33 bits per heavy atom. The minimum atomic E-state index is -0.439. The maximum Gasteiger partial charge on any atom is 0.260 e. The summed E-state index contributed by atoms with van der Waals surface area (Å²) >= 11 is 0. The Kier molecular flexibility index (Phi) is 7.15. The zero-order chi connectivity index (χ0) is 15.8. The lowest BCUT2D eigenvalue weighted by Gasteiger charge is -2.18. The number of hydrogen-bond acceptors (Lipinski definition) is 3. The Labute approximate surface area is 126 Å². The van der Waals surface area contributed by atoms with Gasteiger partial charge in [0.15, 0.2) is 18.2 Å². The van der Waals surface area contributed by atoms with E-state index in [0.717, 1.165) is 5.56 Å². The van der Waals surface area contributed by atoms with Crippen LogP contribution in [0.1, 0.15) is 33.3 Å². The van der Waals surface area contributed by atoms with E-state index in [4.69, 9.17) is 4.74 Å². The first-order chi connectivity index (χ1) is 9.97. The van der Waals surface area contributed by atoms with Gasteiger partial charge < -0.3 is 15.0 Å². The molecule has 4 nitrogen and oxygen atoms in total. The normalized spacial score (nSPS) is 10.8. The number of rotatable bonds is 8. The molecule has 1 amide bonds. The van der Waals surface area contributed by atoms with Gasteiger partial charge in [0.25, 0.3) is 5.91 Å². The molecule has 0 aliphatic rings. The fourth-order valence-electron chi connectivity index (χ4n) is 1.90. The summed E-state index contributed by atoms with van der Waals surface area (Å²) in [5, 5.41) is 3.22. The van der Waals surface area contributed by atoms with Gasteiger partial charge in [-0.15, -0.1) is 0 Å². The lowest BCUT2D eigenvalue weighted by atomic mass is 10.2. The van der Waals surface area contributed by atoms with E-state index in [2.05, 4.69) is 5.32 Å². The van der Waals surface area contributed by atoms with Crippen molar-refractivity contribution in [3.63, 3.8) is 0 Å². The Morgan fingerprint density at radius 3 is 2.52 bits per heavy atom. The van der Waals surface area contributed by atoms with Crippen molar-refractivity contribution in [1.29, 1.82) is 0 Å². The van der Waals surface area contributed by atoms with Gasteiger partial charge in [0.1, 0.15) is 0 Å². The third-order valence-electron chi connectivity index (χ3n) is 3.18. The van der Waals surface area contributed by atoms with Crippen molar-refractivity contribution in [2.24, 2.45) is 0 Å². The summed E-state index contributed by atoms with van der Waals surface area (Å²) < 4.78 is 19.2. The molecule has 0 saturated carbocycles. The standard InChI is InChI=1S/C16H25FN2O2/c1-5-19(6-2)16(20)11-21-15-8-7-13(9-14(15)17)10-18-12(3)4/h7-9,12,18H,5-6,10-11H2,1-4H3. The summed E-state index contributed by atoms with van der Waals surface area (Å²) in [4.78, 5) is 13.5. The van der Waals surface area contributed by atoms with Crippen LogP contribution < -0.4 is 10.1 Å². The summed E-state index contributed by atoms with van der Waals surface area (Å²) in [6.45, 7) is 9.59. The van der Waals surface area contributed by atoms with E-state index in [-0.39, 0.29) is 18.3 Å². The average molecular weight is 296 g/mol. The topological polar surface area (TPSA) is 41.6 Å². The van der Waals surface area contributed by atoms with Crippen LogP contribution >= 0.6 is 0 Å². The molecule has 21 heavy (non-hydrogen) atoms. The number of nitrogens with zero attached hydrogens (tertiary/aromatic N) is 1. The van der Waals surface area contributed by atoms with E-state index in [0.29, 0.717) is 25.7 Å². The SMILES string of the molecule is CCN(CC)C(=O)COc1ccc(CNC(C)C)cc1F. The van der Waals surface area contributed by atoms with Crippen molar-refractivity contribution in [2.75, 3.05) is 19.7 Å². The second-order valence-corrected chi connectivity index (χ2v) is 5.16. The van der Waals surface area contributed by atoms with E-state index in [1.54, 1.807) is 17.0 Å². The molecule has 0 aliphatic heterocycles. The van der Waals surface area contributed by atoms with E-state index < -0.39 is 5.82 Å². The highest BCUT2D eigenvalue weighted by Crippen LogP contribution is 2.18. The molecule has 0 spiro atoms. The van der Waals surface area contributed by atoms with Gasteiger partial charge in [0, 0.05) is 25.7 Å². The van der Waals surface area contributed by atoms with E-state index in [9.17, 15) is 9.18 Å². The molecule has 5 heteroatoms. The number of nitrogens with one attached hydrogen (secondary N) is 1. The molecule has 0 atom stereocenters. The van der Waals surface area contributed by atoms with Gasteiger partial charge in [-0.25, -0.2) is 4.39 Å². The largest absolute Gasteiger partial charge is 0.481 e. The predicted octanol–water partition coefficient (Wildman–Crippen LogP) is 2.57. The molecule has 0 radical (unpaired) electrons. The van der Waals surface area contributed by atoms with Crippen LogP contribution in [0.4, 0.5) is 4.39 Å². The number of carbonyl (C=O) groups is 1. The zero-order valence-electron chi connectivity index (χ0n) is 13.3. The van der Waals surface area contributed by atoms with Crippen LogP contribution in [-0.2, 0) is 11.3 Å². The molecule has 0 aromatic heterocycles. The highest BCUT2D eigenvalue weighted by Gasteiger charge is 2.12. The molecule has 0 aliphatic carbocycles. The molecular weight excluding hydrogens is 271 g/mol. The van der Waals surface area contributed by atoms with Crippen molar-refractivity contribution < 1.29 is 13.9 Å². The number of hydrogen-bond donors (Lipinski definition) is 1. The maximum absolute atomic E-state index is 13.9. The van der Waals surface area contributed by atoms with Crippen LogP contribution in [0.5, 0.6) is 5.75 Å². The second kappa shape index (κ2) is 8.62. The number of benzene rings is 1. The number of ether oxygens (including phenoxy) is 1. The predicted molar refractivity (Wildman–Crippen MR) is 81.8 cm³/mol. The summed E-state index contributed by atoms with van der Waals surface area (Å²) in [6.07, 6.45) is 0. The van der Waals surface area contributed by atoms with Gasteiger partial charge >= 0.3 is 0 Å². The Morgan fingerprint density at radius 2 is 2.00 bits per heavy atom. The highest BCUT2D eigenvalue weighted by molar-refractivity contribution is 5.77. The van der Waals surface area contributed by atoms with Crippen LogP contribution in [0.2, 0.25) is 0 Å². The number of amides is 1. The minimum absolute atomic E-state index is 0.115. The van der Waals surface area contributed by atoms with Gasteiger partial charge in [-0.1, -0.05) is 19.9 Å². The van der Waals surface area contributed by atoms with Crippen LogP contribution in [0.3, 0.4) is 0 Å². The van der Waals surface area contributed by atoms with Gasteiger partial charge in [-0.05, 0) is 31.5 Å². The van der Waals surface area contributed by atoms with Gasteiger partial charge in [-0.2, -0.15) is 0 Å². The number of halogens is 1. The van der Waals surface area contributed by atoms with Gasteiger partial charge in [0.05, 0.1) is 0 Å². The molecule has 1 aromatic rings. The third-order valence-corrected chi connectivity index (χ3v) is 3.18. The van der Waals surface area contributed by atoms with Crippen molar-refractivity contribution in [1.82, 2.24) is 10.2 Å². The molecule has 1 N–H and O–H groups in total. The number of carbonyl (C=O) groups excluding carboxylic acids is 1. The number of likely N-dealkylation sites (N-methyl/N-ethyl adjacent to an activating group) is 1. The van der Waals surface area contributed by atoms with Crippen molar-refractivity contribution in [3.05, 3.63) is 29.6 Å². The molecule has 0 saturated heterocycles. The van der Waals surface area contributed by atoms with Gasteiger partial charge in [-0.3, -0.25) is 4.79 Å². The Bertz CT molecular complexity index is 460. The summed E-state index contributed by atoms with van der Waals surface area (Å²) in [6, 6.07) is 5.15. The first-order valence-corrected chi connectivity index (χ1v) is 7.40. The fraction of sp³-hybridized carbons (Fsp3) is 0.562. The van der Waals surface area contributed by atoms with Crippen molar-refractivity contribution in [3.8, 4) is 5.75 Å². The summed E-state index contributed by atoms with van der Waals surface area (Å²) in [7, 11) is 0. The lowest BCUT2D eigenvalue weighted by Crippen LogP contribution is -2.34. The minimum Gasteiger partial charge on any atom is -0.481 e. The fourth-order valence-corrected chi connectivity index (χ4v) is 1.90. The van der Waals surface area contributed by atoms with Crippen LogP contribution in [0.25, 0.3) is 0 Å². The van der Waals surface area contributed by atoms with Crippen molar-refractivity contribution >= 4 is 5.91 Å². The van der Waals surface area contributed by atoms with E-state index in [1.807, 2.05) is 27.7 Å². The zero-order valence-corrected chi connectivity index (χ0v) is 13.3. The first-order valence-electron chi connectivity index (χ1n) is 7.40.